The van der Waals surface area contributed by atoms with Gasteiger partial charge in [0, 0.05) is 59.1 Å². The van der Waals surface area contributed by atoms with Crippen LogP contribution in [0.3, 0.4) is 0 Å². The zero-order valence-corrected chi connectivity index (χ0v) is 20.5. The summed E-state index contributed by atoms with van der Waals surface area (Å²) < 4.78 is 34.3. The van der Waals surface area contributed by atoms with Crippen LogP contribution in [-0.2, 0) is 21.8 Å². The Morgan fingerprint density at radius 2 is 1.74 bits per heavy atom. The fourth-order valence-corrected chi connectivity index (χ4v) is 5.42. The first kappa shape index (κ1) is 25.8. The molecule has 31 heavy (non-hydrogen) atoms. The van der Waals surface area contributed by atoms with Gasteiger partial charge in [0.25, 0.3) is 5.91 Å². The van der Waals surface area contributed by atoms with Crippen molar-refractivity contribution in [3.8, 4) is 0 Å². The number of hydrogen-bond donors (Lipinski definition) is 0. The number of rotatable bonds is 13. The highest BCUT2D eigenvalue weighted by Gasteiger charge is 2.27. The van der Waals surface area contributed by atoms with Gasteiger partial charge in [-0.2, -0.15) is 4.31 Å². The summed E-state index contributed by atoms with van der Waals surface area (Å²) in [6.45, 7) is 12.0. The number of aromatic nitrogens is 1. The standard InChI is InChI=1S/C22H40N4O4S/c1-5-8-9-10-11-25(13-12-24-14-16-30-17-15-24)22(27)21-18-20(19-23(21)4)31(28,29)26(6-2)7-3/h18-19H,5-17H2,1-4H3. The van der Waals surface area contributed by atoms with Gasteiger partial charge in [-0.05, 0) is 12.5 Å². The molecule has 0 spiro atoms. The normalized spacial score (nSPS) is 15.5. The molecule has 2 heterocycles. The second-order valence-corrected chi connectivity index (χ2v) is 10.0. The van der Waals surface area contributed by atoms with Crippen LogP contribution in [0.15, 0.2) is 17.2 Å². The summed E-state index contributed by atoms with van der Waals surface area (Å²) in [4.78, 5) is 17.8. The molecule has 1 fully saturated rings. The van der Waals surface area contributed by atoms with Gasteiger partial charge in [-0.15, -0.1) is 0 Å². The molecule has 0 aliphatic carbocycles. The molecule has 2 rings (SSSR count). The van der Waals surface area contributed by atoms with Gasteiger partial charge < -0.3 is 14.2 Å². The van der Waals surface area contributed by atoms with E-state index in [1.54, 1.807) is 17.8 Å². The topological polar surface area (TPSA) is 75.1 Å². The molecule has 0 bridgehead atoms. The Hall–Kier alpha value is -1.42. The van der Waals surface area contributed by atoms with E-state index in [0.717, 1.165) is 58.5 Å². The number of hydrogen-bond acceptors (Lipinski definition) is 5. The molecule has 0 unspecified atom stereocenters. The van der Waals surface area contributed by atoms with Crippen molar-refractivity contribution < 1.29 is 17.9 Å². The van der Waals surface area contributed by atoms with Gasteiger partial charge in [0.2, 0.25) is 10.0 Å². The lowest BCUT2D eigenvalue weighted by molar-refractivity contribution is 0.0323. The Balaban J connectivity index is 2.16. The van der Waals surface area contributed by atoms with Crippen LogP contribution in [0.25, 0.3) is 0 Å². The second kappa shape index (κ2) is 12.6. The Morgan fingerprint density at radius 1 is 1.06 bits per heavy atom. The predicted molar refractivity (Wildman–Crippen MR) is 123 cm³/mol. The monoisotopic (exact) mass is 456 g/mol. The molecular weight excluding hydrogens is 416 g/mol. The van der Waals surface area contributed by atoms with Crippen molar-refractivity contribution in [3.63, 3.8) is 0 Å². The summed E-state index contributed by atoms with van der Waals surface area (Å²) in [6.07, 6.45) is 5.90. The van der Waals surface area contributed by atoms with E-state index in [9.17, 15) is 13.2 Å². The summed E-state index contributed by atoms with van der Waals surface area (Å²) in [5.41, 5.74) is 0.420. The molecule has 0 saturated carbocycles. The van der Waals surface area contributed by atoms with Crippen molar-refractivity contribution in [2.75, 3.05) is 59.0 Å². The zero-order valence-electron chi connectivity index (χ0n) is 19.7. The van der Waals surface area contributed by atoms with Gasteiger partial charge in [0.05, 0.1) is 13.2 Å². The SMILES string of the molecule is CCCCCCN(CCN1CCOCC1)C(=O)c1cc(S(=O)(=O)N(CC)CC)cn1C. The highest BCUT2D eigenvalue weighted by molar-refractivity contribution is 7.89. The molecule has 1 saturated heterocycles. The molecule has 9 heteroatoms. The minimum Gasteiger partial charge on any atom is -0.379 e. The van der Waals surface area contributed by atoms with Crippen LogP contribution in [0.1, 0.15) is 56.9 Å². The van der Waals surface area contributed by atoms with E-state index in [2.05, 4.69) is 11.8 Å². The van der Waals surface area contributed by atoms with Crippen molar-refractivity contribution in [1.29, 1.82) is 0 Å². The summed E-state index contributed by atoms with van der Waals surface area (Å²) >= 11 is 0. The number of aryl methyl sites for hydroxylation is 1. The number of nitrogens with zero attached hydrogens (tertiary/aromatic N) is 4. The third-order valence-electron chi connectivity index (χ3n) is 5.90. The Kier molecular flexibility index (Phi) is 10.5. The molecule has 0 radical (unpaired) electrons. The molecule has 178 valence electrons. The first-order chi connectivity index (χ1) is 14.8. The lowest BCUT2D eigenvalue weighted by Gasteiger charge is -2.30. The molecular formula is C22H40N4O4S. The van der Waals surface area contributed by atoms with Crippen molar-refractivity contribution >= 4 is 15.9 Å². The lowest BCUT2D eigenvalue weighted by Crippen LogP contribution is -2.43. The number of amides is 1. The fraction of sp³-hybridized carbons (Fsp3) is 0.773. The van der Waals surface area contributed by atoms with E-state index in [-0.39, 0.29) is 10.8 Å². The first-order valence-electron chi connectivity index (χ1n) is 11.6. The summed E-state index contributed by atoms with van der Waals surface area (Å²) in [5, 5.41) is 0. The third kappa shape index (κ3) is 7.03. The summed E-state index contributed by atoms with van der Waals surface area (Å²) in [6, 6.07) is 1.53. The minimum atomic E-state index is -3.60. The zero-order chi connectivity index (χ0) is 22.9. The van der Waals surface area contributed by atoms with Gasteiger partial charge in [-0.25, -0.2) is 8.42 Å². The number of ether oxygens (including phenoxy) is 1. The van der Waals surface area contributed by atoms with Crippen LogP contribution >= 0.6 is 0 Å². The van der Waals surface area contributed by atoms with Crippen molar-refractivity contribution in [2.45, 2.75) is 51.3 Å². The molecule has 0 atom stereocenters. The van der Waals surface area contributed by atoms with Crippen LogP contribution in [0.5, 0.6) is 0 Å². The van der Waals surface area contributed by atoms with E-state index < -0.39 is 10.0 Å². The van der Waals surface area contributed by atoms with Crippen LogP contribution < -0.4 is 0 Å². The predicted octanol–water partition coefficient (Wildman–Crippen LogP) is 2.41. The Labute approximate surface area is 188 Å². The highest BCUT2D eigenvalue weighted by Crippen LogP contribution is 2.20. The van der Waals surface area contributed by atoms with Crippen LogP contribution in [-0.4, -0.2) is 92.0 Å². The van der Waals surface area contributed by atoms with E-state index >= 15 is 0 Å². The molecule has 1 aromatic heterocycles. The maximum atomic E-state index is 13.4. The minimum absolute atomic E-state index is 0.103. The highest BCUT2D eigenvalue weighted by atomic mass is 32.2. The van der Waals surface area contributed by atoms with E-state index in [1.165, 1.54) is 10.4 Å². The average molecular weight is 457 g/mol. The van der Waals surface area contributed by atoms with E-state index in [1.807, 2.05) is 18.7 Å². The van der Waals surface area contributed by atoms with Gasteiger partial charge in [0.1, 0.15) is 10.6 Å². The molecule has 8 nitrogen and oxygen atoms in total. The lowest BCUT2D eigenvalue weighted by atomic mass is 10.2. The van der Waals surface area contributed by atoms with Gasteiger partial charge in [-0.3, -0.25) is 9.69 Å². The van der Waals surface area contributed by atoms with Gasteiger partial charge in [0.15, 0.2) is 0 Å². The number of morpholine rings is 1. The number of carbonyl (C=O) groups is 1. The van der Waals surface area contributed by atoms with Crippen LogP contribution in [0.2, 0.25) is 0 Å². The summed E-state index contributed by atoms with van der Waals surface area (Å²) in [7, 11) is -1.85. The largest absolute Gasteiger partial charge is 0.379 e. The summed E-state index contributed by atoms with van der Waals surface area (Å²) in [5.74, 6) is -0.103. The van der Waals surface area contributed by atoms with Crippen LogP contribution in [0, 0.1) is 0 Å². The van der Waals surface area contributed by atoms with Crippen LogP contribution in [0.4, 0.5) is 0 Å². The smallest absolute Gasteiger partial charge is 0.270 e. The fourth-order valence-electron chi connectivity index (χ4n) is 3.89. The quantitative estimate of drug-likeness (QED) is 0.426. The Bertz CT molecular complexity index is 783. The average Bonchev–Trinajstić information content (AvgIpc) is 3.16. The van der Waals surface area contributed by atoms with Crippen molar-refractivity contribution in [2.24, 2.45) is 7.05 Å². The van der Waals surface area contributed by atoms with E-state index in [0.29, 0.717) is 31.9 Å². The van der Waals surface area contributed by atoms with E-state index in [4.69, 9.17) is 4.74 Å². The van der Waals surface area contributed by atoms with Crippen molar-refractivity contribution in [3.05, 3.63) is 18.0 Å². The molecule has 0 N–H and O–H groups in total. The maximum absolute atomic E-state index is 13.4. The molecule has 1 amide bonds. The second-order valence-electron chi connectivity index (χ2n) is 8.07. The number of unbranched alkanes of at least 4 members (excludes halogenated alkanes) is 3. The molecule has 1 aliphatic heterocycles. The molecule has 0 aromatic carbocycles. The number of carbonyl (C=O) groups excluding carboxylic acids is 1. The Morgan fingerprint density at radius 3 is 2.35 bits per heavy atom. The molecule has 1 aliphatic rings. The molecule has 1 aromatic rings. The van der Waals surface area contributed by atoms with Gasteiger partial charge >= 0.3 is 0 Å². The first-order valence-corrected chi connectivity index (χ1v) is 13.0. The van der Waals surface area contributed by atoms with Gasteiger partial charge in [-0.1, -0.05) is 40.0 Å². The number of sulfonamides is 1. The maximum Gasteiger partial charge on any atom is 0.270 e. The van der Waals surface area contributed by atoms with Crippen molar-refractivity contribution in [1.82, 2.24) is 18.7 Å². The third-order valence-corrected chi connectivity index (χ3v) is 7.92.